The molecule has 2 aliphatic heterocycles. The van der Waals surface area contributed by atoms with E-state index in [9.17, 15) is 15.0 Å². The quantitative estimate of drug-likeness (QED) is 0.629. The molecule has 1 amide bonds. The molecule has 0 saturated carbocycles. The third-order valence-electron chi connectivity index (χ3n) is 6.68. The molecule has 0 bridgehead atoms. The summed E-state index contributed by atoms with van der Waals surface area (Å²) in [6.07, 6.45) is -1.46. The van der Waals surface area contributed by atoms with E-state index in [4.69, 9.17) is 14.2 Å². The van der Waals surface area contributed by atoms with Crippen molar-refractivity contribution in [1.82, 2.24) is 4.90 Å². The van der Waals surface area contributed by atoms with Gasteiger partial charge in [-0.15, -0.1) is 0 Å². The van der Waals surface area contributed by atoms with Gasteiger partial charge in [0, 0.05) is 12.6 Å². The molecule has 7 heteroatoms. The number of piperidine rings is 1. The monoisotopic (exact) mass is 423 g/mol. The molecule has 3 aromatic carbocycles. The maximum atomic E-state index is 12.7. The van der Waals surface area contributed by atoms with Gasteiger partial charge in [-0.25, -0.2) is 0 Å². The first kappa shape index (κ1) is 19.9. The van der Waals surface area contributed by atoms with Crippen molar-refractivity contribution in [3.8, 4) is 17.2 Å². The number of methoxy groups -OCH3 is 3. The van der Waals surface area contributed by atoms with Crippen molar-refractivity contribution in [3.63, 3.8) is 0 Å². The molecule has 0 spiro atoms. The summed E-state index contributed by atoms with van der Waals surface area (Å²) < 4.78 is 16.6. The molecule has 3 aromatic rings. The first-order chi connectivity index (χ1) is 15.0. The maximum absolute atomic E-state index is 12.7. The first-order valence-electron chi connectivity index (χ1n) is 10.3. The third kappa shape index (κ3) is 2.91. The van der Waals surface area contributed by atoms with Gasteiger partial charge in [0.1, 0.15) is 5.75 Å². The average molecular weight is 423 g/mol. The molecule has 5 rings (SSSR count). The van der Waals surface area contributed by atoms with Crippen molar-refractivity contribution in [2.45, 2.75) is 37.6 Å². The fourth-order valence-electron chi connectivity index (χ4n) is 5.08. The molecule has 0 aromatic heterocycles. The number of nitrogens with zero attached hydrogens (tertiary/aromatic N) is 1. The number of carbonyl (C=O) groups excluding carboxylic acids is 1. The zero-order valence-corrected chi connectivity index (χ0v) is 17.7. The Morgan fingerprint density at radius 2 is 1.55 bits per heavy atom. The summed E-state index contributed by atoms with van der Waals surface area (Å²) in [5.41, 5.74) is 2.18. The molecule has 31 heavy (non-hydrogen) atoms. The van der Waals surface area contributed by atoms with Gasteiger partial charge >= 0.3 is 0 Å². The van der Waals surface area contributed by atoms with E-state index >= 15 is 0 Å². The van der Waals surface area contributed by atoms with Crippen LogP contribution in [0.25, 0.3) is 21.5 Å². The zero-order chi connectivity index (χ0) is 21.9. The number of aliphatic hydroxyl groups is 2. The van der Waals surface area contributed by atoms with E-state index < -0.39 is 18.1 Å². The van der Waals surface area contributed by atoms with E-state index in [-0.39, 0.29) is 6.04 Å². The van der Waals surface area contributed by atoms with E-state index in [1.165, 1.54) is 0 Å². The Labute approximate surface area is 179 Å². The van der Waals surface area contributed by atoms with E-state index in [0.717, 1.165) is 38.4 Å². The molecule has 2 aliphatic rings. The molecule has 2 unspecified atom stereocenters. The van der Waals surface area contributed by atoms with Crippen LogP contribution in [0.1, 0.15) is 17.5 Å². The van der Waals surface area contributed by atoms with Gasteiger partial charge in [0.05, 0.1) is 27.4 Å². The predicted molar refractivity (Wildman–Crippen MR) is 116 cm³/mol. The Balaban J connectivity index is 1.82. The topological polar surface area (TPSA) is 88.5 Å². The number of rotatable bonds is 3. The smallest absolute Gasteiger partial charge is 0.254 e. The Hall–Kier alpha value is -3.03. The number of amides is 1. The number of ether oxygens (including phenoxy) is 3. The summed E-state index contributed by atoms with van der Waals surface area (Å²) in [7, 11) is 4.86. The fourth-order valence-corrected chi connectivity index (χ4v) is 5.08. The number of aliphatic hydroxyl groups excluding tert-OH is 2. The Kier molecular flexibility index (Phi) is 4.68. The SMILES string of the molecule is COc1ccc2c3c(c4cc(OC)c(OC)cc4c2c1)C[C@H]1CC(O)C(O)C(=O)N1C3. The lowest BCUT2D eigenvalue weighted by Gasteiger charge is -2.44. The lowest BCUT2D eigenvalue weighted by atomic mass is 9.81. The highest BCUT2D eigenvalue weighted by atomic mass is 16.5. The summed E-state index contributed by atoms with van der Waals surface area (Å²) >= 11 is 0. The Morgan fingerprint density at radius 3 is 2.23 bits per heavy atom. The van der Waals surface area contributed by atoms with E-state index in [2.05, 4.69) is 0 Å². The summed E-state index contributed by atoms with van der Waals surface area (Å²) in [4.78, 5) is 14.4. The van der Waals surface area contributed by atoms with Crippen LogP contribution in [0.4, 0.5) is 0 Å². The molecular formula is C24H25NO6. The standard InChI is InChI=1S/C24H25NO6/c1-29-13-4-5-14-16(8-13)18-10-22(31-3)21(30-2)9-17(18)15-6-12-7-20(26)23(27)24(28)25(12)11-19(14)15/h4-5,8-10,12,20,23,26-27H,6-7,11H2,1-3H3/t12-,20?,23?/m0/s1. The van der Waals surface area contributed by atoms with Gasteiger partial charge < -0.3 is 29.3 Å². The van der Waals surface area contributed by atoms with Crippen LogP contribution in [0.2, 0.25) is 0 Å². The van der Waals surface area contributed by atoms with Crippen molar-refractivity contribution in [1.29, 1.82) is 0 Å². The summed E-state index contributed by atoms with van der Waals surface area (Å²) in [6, 6.07) is 9.73. The summed E-state index contributed by atoms with van der Waals surface area (Å²) in [6.45, 7) is 0.385. The fraction of sp³-hybridized carbons (Fsp3) is 0.375. The lowest BCUT2D eigenvalue weighted by Crippen LogP contribution is -2.58. The lowest BCUT2D eigenvalue weighted by molar-refractivity contribution is -0.159. The van der Waals surface area contributed by atoms with Crippen molar-refractivity contribution < 1.29 is 29.2 Å². The van der Waals surface area contributed by atoms with E-state index in [1.54, 1.807) is 26.2 Å². The van der Waals surface area contributed by atoms with Gasteiger partial charge in [-0.1, -0.05) is 6.07 Å². The highest BCUT2D eigenvalue weighted by Crippen LogP contribution is 2.44. The van der Waals surface area contributed by atoms with Gasteiger partial charge in [0.2, 0.25) is 0 Å². The molecule has 2 N–H and O–H groups in total. The molecule has 2 heterocycles. The molecule has 7 nitrogen and oxygen atoms in total. The van der Waals surface area contributed by atoms with Crippen molar-refractivity contribution in [2.24, 2.45) is 0 Å². The highest BCUT2D eigenvalue weighted by molar-refractivity contribution is 6.12. The summed E-state index contributed by atoms with van der Waals surface area (Å²) in [5, 5.41) is 24.4. The van der Waals surface area contributed by atoms with Gasteiger partial charge in [-0.05, 0) is 69.8 Å². The maximum Gasteiger partial charge on any atom is 0.254 e. The number of hydrogen-bond donors (Lipinski definition) is 2. The molecule has 162 valence electrons. The van der Waals surface area contributed by atoms with Crippen LogP contribution in [-0.4, -0.2) is 60.6 Å². The van der Waals surface area contributed by atoms with Gasteiger partial charge in [0.15, 0.2) is 17.6 Å². The molecule has 1 saturated heterocycles. The second-order valence-corrected chi connectivity index (χ2v) is 8.19. The van der Waals surface area contributed by atoms with Crippen LogP contribution in [0.5, 0.6) is 17.2 Å². The normalized spacial score (nSPS) is 22.9. The minimum Gasteiger partial charge on any atom is -0.497 e. The Bertz CT molecular complexity index is 1210. The number of fused-ring (bicyclic) bond motifs is 7. The minimum atomic E-state index is -1.37. The van der Waals surface area contributed by atoms with Gasteiger partial charge in [-0.3, -0.25) is 4.79 Å². The van der Waals surface area contributed by atoms with Crippen molar-refractivity contribution in [3.05, 3.63) is 41.5 Å². The van der Waals surface area contributed by atoms with Crippen LogP contribution in [0, 0.1) is 0 Å². The van der Waals surface area contributed by atoms with Crippen molar-refractivity contribution >= 4 is 27.5 Å². The Morgan fingerprint density at radius 1 is 0.871 bits per heavy atom. The number of carbonyl (C=O) groups is 1. The van der Waals surface area contributed by atoms with E-state index in [0.29, 0.717) is 30.9 Å². The zero-order valence-electron chi connectivity index (χ0n) is 17.7. The second kappa shape index (κ2) is 7.28. The number of benzene rings is 3. The van der Waals surface area contributed by atoms with Crippen LogP contribution >= 0.6 is 0 Å². The van der Waals surface area contributed by atoms with Crippen LogP contribution in [0.3, 0.4) is 0 Å². The van der Waals surface area contributed by atoms with Crippen molar-refractivity contribution in [2.75, 3.05) is 21.3 Å². The molecule has 0 radical (unpaired) electrons. The molecule has 0 aliphatic carbocycles. The first-order valence-corrected chi connectivity index (χ1v) is 10.3. The molecule has 1 fully saturated rings. The average Bonchev–Trinajstić information content (AvgIpc) is 2.80. The molecular weight excluding hydrogens is 398 g/mol. The van der Waals surface area contributed by atoms with Crippen LogP contribution in [0.15, 0.2) is 30.3 Å². The second-order valence-electron chi connectivity index (χ2n) is 8.19. The van der Waals surface area contributed by atoms with Gasteiger partial charge in [-0.2, -0.15) is 0 Å². The highest BCUT2D eigenvalue weighted by Gasteiger charge is 2.43. The number of hydrogen-bond acceptors (Lipinski definition) is 6. The van der Waals surface area contributed by atoms with Crippen LogP contribution in [-0.2, 0) is 17.8 Å². The van der Waals surface area contributed by atoms with E-state index in [1.807, 2.05) is 30.3 Å². The molecule has 3 atom stereocenters. The largest absolute Gasteiger partial charge is 0.497 e. The predicted octanol–water partition coefficient (Wildman–Crippen LogP) is 2.40. The minimum absolute atomic E-state index is 0.162. The third-order valence-corrected chi connectivity index (χ3v) is 6.68. The van der Waals surface area contributed by atoms with Gasteiger partial charge in [0.25, 0.3) is 5.91 Å². The van der Waals surface area contributed by atoms with Crippen LogP contribution < -0.4 is 14.2 Å². The summed E-state index contributed by atoms with van der Waals surface area (Å²) in [5.74, 6) is 1.60.